The first-order valence-electron chi connectivity index (χ1n) is 5.61. The Morgan fingerprint density at radius 3 is 2.05 bits per heavy atom. The molecule has 0 aliphatic carbocycles. The molecule has 1 atom stereocenters. The molecular weight excluding hydrogens is 278 g/mol. The lowest BCUT2D eigenvalue weighted by Gasteiger charge is -2.05. The lowest BCUT2D eigenvalue weighted by Crippen LogP contribution is -1.95. The summed E-state index contributed by atoms with van der Waals surface area (Å²) in [7, 11) is 0. The molecule has 19 heavy (non-hydrogen) atoms. The number of benzene rings is 2. The Morgan fingerprint density at radius 2 is 1.58 bits per heavy atom. The molecule has 0 fully saturated rings. The molecule has 0 amide bonds. The highest BCUT2D eigenvalue weighted by Gasteiger charge is 2.08. The van der Waals surface area contributed by atoms with Crippen LogP contribution in [0.25, 0.3) is 0 Å². The number of aldehydes is 1. The summed E-state index contributed by atoms with van der Waals surface area (Å²) >= 11 is 7.43. The maximum Gasteiger partial charge on any atom is 0.141 e. The number of halogens is 1. The van der Waals surface area contributed by atoms with E-state index in [1.54, 1.807) is 23.9 Å². The lowest BCUT2D eigenvalue weighted by molar-refractivity contribution is -0.108. The average molecular weight is 288 g/mol. The van der Waals surface area contributed by atoms with Crippen LogP contribution >= 0.6 is 23.4 Å². The molecule has 2 rings (SSSR count). The smallest absolute Gasteiger partial charge is 0.141 e. The maximum atomic E-state index is 10.7. The van der Waals surface area contributed by atoms with Crippen LogP contribution in [0.5, 0.6) is 0 Å². The highest BCUT2D eigenvalue weighted by molar-refractivity contribution is 7.99. The second-order valence-electron chi connectivity index (χ2n) is 3.87. The zero-order valence-corrected chi connectivity index (χ0v) is 11.5. The van der Waals surface area contributed by atoms with E-state index in [0.29, 0.717) is 11.3 Å². The van der Waals surface area contributed by atoms with E-state index < -0.39 is 5.92 Å². The Bertz CT molecular complexity index is 602. The Balaban J connectivity index is 2.13. The van der Waals surface area contributed by atoms with E-state index in [4.69, 9.17) is 16.9 Å². The molecule has 0 aromatic heterocycles. The fourth-order valence-corrected chi connectivity index (χ4v) is 2.51. The number of carbonyl (C=O) groups is 1. The molecule has 0 aliphatic heterocycles. The Morgan fingerprint density at radius 1 is 1.05 bits per heavy atom. The minimum absolute atomic E-state index is 0.654. The van der Waals surface area contributed by atoms with Gasteiger partial charge in [0, 0.05) is 14.8 Å². The lowest BCUT2D eigenvalue weighted by atomic mass is 10.0. The highest BCUT2D eigenvalue weighted by atomic mass is 35.5. The Kier molecular flexibility index (Phi) is 4.62. The minimum atomic E-state index is -0.686. The van der Waals surface area contributed by atoms with Crippen molar-refractivity contribution < 1.29 is 4.79 Å². The summed E-state index contributed by atoms with van der Waals surface area (Å²) in [6, 6.07) is 17.0. The van der Waals surface area contributed by atoms with E-state index in [2.05, 4.69) is 0 Å². The van der Waals surface area contributed by atoms with E-state index in [-0.39, 0.29) is 0 Å². The van der Waals surface area contributed by atoms with E-state index in [1.165, 1.54) is 0 Å². The number of hydrogen-bond acceptors (Lipinski definition) is 3. The summed E-state index contributed by atoms with van der Waals surface area (Å²) in [6.07, 6.45) is 0.654. The van der Waals surface area contributed by atoms with Gasteiger partial charge in [0.15, 0.2) is 0 Å². The van der Waals surface area contributed by atoms with Crippen molar-refractivity contribution in [2.24, 2.45) is 0 Å². The molecule has 0 saturated heterocycles. The molecule has 0 unspecified atom stereocenters. The van der Waals surface area contributed by atoms with Crippen molar-refractivity contribution in [1.82, 2.24) is 0 Å². The van der Waals surface area contributed by atoms with Gasteiger partial charge in [-0.3, -0.25) is 0 Å². The molecule has 0 bridgehead atoms. The highest BCUT2D eigenvalue weighted by Crippen LogP contribution is 2.29. The summed E-state index contributed by atoms with van der Waals surface area (Å²) in [5.74, 6) is -0.686. The SMILES string of the molecule is N#C[C@@H](C=O)c1ccc(Sc2ccc(Cl)cc2)cc1. The van der Waals surface area contributed by atoms with Crippen LogP contribution in [0.3, 0.4) is 0 Å². The van der Waals surface area contributed by atoms with Gasteiger partial charge in [0.05, 0.1) is 6.07 Å². The molecule has 0 spiro atoms. The third kappa shape index (κ3) is 3.60. The molecule has 0 radical (unpaired) electrons. The molecule has 0 aliphatic rings. The van der Waals surface area contributed by atoms with Crippen LogP contribution in [0.15, 0.2) is 58.3 Å². The first-order valence-corrected chi connectivity index (χ1v) is 6.80. The molecule has 0 N–H and O–H groups in total. The molecular formula is C15H10ClNOS. The summed E-state index contributed by atoms with van der Waals surface area (Å²) in [4.78, 5) is 12.8. The van der Waals surface area contributed by atoms with Gasteiger partial charge in [0.1, 0.15) is 12.2 Å². The molecule has 4 heteroatoms. The first-order chi connectivity index (χ1) is 9.22. The largest absolute Gasteiger partial charge is 0.302 e. The second-order valence-corrected chi connectivity index (χ2v) is 5.45. The molecule has 94 valence electrons. The Hall–Kier alpha value is -1.76. The van der Waals surface area contributed by atoms with Crippen molar-refractivity contribution in [2.75, 3.05) is 0 Å². The minimum Gasteiger partial charge on any atom is -0.302 e. The van der Waals surface area contributed by atoms with Gasteiger partial charge in [-0.25, -0.2) is 0 Å². The van der Waals surface area contributed by atoms with Crippen LogP contribution in [0, 0.1) is 11.3 Å². The zero-order valence-electron chi connectivity index (χ0n) is 9.92. The summed E-state index contributed by atoms with van der Waals surface area (Å²) < 4.78 is 0. The second kappa shape index (κ2) is 6.42. The fourth-order valence-electron chi connectivity index (χ4n) is 1.57. The van der Waals surface area contributed by atoms with Crippen molar-refractivity contribution in [2.45, 2.75) is 15.7 Å². The van der Waals surface area contributed by atoms with Crippen LogP contribution in [-0.2, 0) is 4.79 Å². The van der Waals surface area contributed by atoms with E-state index in [9.17, 15) is 4.79 Å². The number of rotatable bonds is 4. The molecule has 0 heterocycles. The zero-order chi connectivity index (χ0) is 13.7. The predicted octanol–water partition coefficient (Wildman–Crippen LogP) is 4.30. The van der Waals surface area contributed by atoms with Crippen molar-refractivity contribution >= 4 is 29.6 Å². The predicted molar refractivity (Wildman–Crippen MR) is 76.4 cm³/mol. The van der Waals surface area contributed by atoms with Crippen molar-refractivity contribution in [3.8, 4) is 6.07 Å². The normalized spacial score (nSPS) is 11.6. The first kappa shape index (κ1) is 13.7. The average Bonchev–Trinajstić information content (AvgIpc) is 2.44. The Labute approximate surface area is 121 Å². The van der Waals surface area contributed by atoms with Crippen LogP contribution in [0.4, 0.5) is 0 Å². The third-order valence-electron chi connectivity index (χ3n) is 2.56. The van der Waals surface area contributed by atoms with Crippen LogP contribution in [0.2, 0.25) is 5.02 Å². The quantitative estimate of drug-likeness (QED) is 0.787. The van der Waals surface area contributed by atoms with Gasteiger partial charge in [0.25, 0.3) is 0 Å². The summed E-state index contributed by atoms with van der Waals surface area (Å²) in [5, 5.41) is 9.52. The van der Waals surface area contributed by atoms with E-state index in [0.717, 1.165) is 15.4 Å². The van der Waals surface area contributed by atoms with Gasteiger partial charge in [-0.05, 0) is 42.0 Å². The maximum absolute atomic E-state index is 10.7. The summed E-state index contributed by atoms with van der Waals surface area (Å²) in [5.41, 5.74) is 0.720. The monoisotopic (exact) mass is 287 g/mol. The van der Waals surface area contributed by atoms with Gasteiger partial charge in [-0.2, -0.15) is 5.26 Å². The van der Waals surface area contributed by atoms with Crippen molar-refractivity contribution in [1.29, 1.82) is 5.26 Å². The molecule has 2 nitrogen and oxygen atoms in total. The van der Waals surface area contributed by atoms with E-state index >= 15 is 0 Å². The topological polar surface area (TPSA) is 40.9 Å². The van der Waals surface area contributed by atoms with Gasteiger partial charge >= 0.3 is 0 Å². The number of nitriles is 1. The fraction of sp³-hybridized carbons (Fsp3) is 0.0667. The van der Waals surface area contributed by atoms with Gasteiger partial charge in [-0.1, -0.05) is 35.5 Å². The number of nitrogens with zero attached hydrogens (tertiary/aromatic N) is 1. The molecule has 2 aromatic carbocycles. The van der Waals surface area contributed by atoms with Gasteiger partial charge < -0.3 is 4.79 Å². The summed E-state index contributed by atoms with van der Waals surface area (Å²) in [6.45, 7) is 0. The standard InChI is InChI=1S/C15H10ClNOS/c16-13-3-7-15(8-4-13)19-14-5-1-11(2-6-14)12(9-17)10-18/h1-8,10,12H/t12-/m0/s1. The number of carbonyl (C=O) groups excluding carboxylic acids is 1. The van der Waals surface area contributed by atoms with Crippen LogP contribution in [-0.4, -0.2) is 6.29 Å². The van der Waals surface area contributed by atoms with Crippen molar-refractivity contribution in [3.05, 3.63) is 59.1 Å². The van der Waals surface area contributed by atoms with E-state index in [1.807, 2.05) is 42.5 Å². The molecule has 0 saturated carbocycles. The number of hydrogen-bond donors (Lipinski definition) is 0. The molecule has 2 aromatic rings. The van der Waals surface area contributed by atoms with Crippen LogP contribution in [0.1, 0.15) is 11.5 Å². The van der Waals surface area contributed by atoms with Gasteiger partial charge in [-0.15, -0.1) is 0 Å². The van der Waals surface area contributed by atoms with Crippen molar-refractivity contribution in [3.63, 3.8) is 0 Å². The van der Waals surface area contributed by atoms with Crippen LogP contribution < -0.4 is 0 Å². The van der Waals surface area contributed by atoms with Gasteiger partial charge in [0.2, 0.25) is 0 Å². The third-order valence-corrected chi connectivity index (χ3v) is 3.83.